The number of amides is 1. The first-order valence-electron chi connectivity index (χ1n) is 11.5. The summed E-state index contributed by atoms with van der Waals surface area (Å²) in [6.45, 7) is 3.64. The largest absolute Gasteiger partial charge is 0.416 e. The zero-order valence-corrected chi connectivity index (χ0v) is 21.0. The molecule has 0 unspecified atom stereocenters. The van der Waals surface area contributed by atoms with Crippen molar-refractivity contribution in [2.24, 2.45) is 0 Å². The number of rotatable bonds is 5. The molecule has 0 atom stereocenters. The summed E-state index contributed by atoms with van der Waals surface area (Å²) >= 11 is 3.45. The summed E-state index contributed by atoms with van der Waals surface area (Å²) in [6, 6.07) is 16.0. The van der Waals surface area contributed by atoms with Crippen LogP contribution in [0.15, 0.2) is 75.9 Å². The van der Waals surface area contributed by atoms with E-state index in [0.29, 0.717) is 29.9 Å². The average molecular weight is 572 g/mol. The molecule has 2 aromatic heterocycles. The maximum absolute atomic E-state index is 13.0. The molecule has 2 aromatic carbocycles. The first kappa shape index (κ1) is 25.1. The monoisotopic (exact) mass is 571 g/mol. The Balaban J connectivity index is 1.19. The van der Waals surface area contributed by atoms with Crippen molar-refractivity contribution in [2.45, 2.75) is 12.7 Å². The van der Waals surface area contributed by atoms with Gasteiger partial charge in [-0.25, -0.2) is 0 Å². The van der Waals surface area contributed by atoms with Crippen molar-refractivity contribution in [3.63, 3.8) is 0 Å². The molecule has 1 aliphatic rings. The van der Waals surface area contributed by atoms with Crippen molar-refractivity contribution >= 4 is 21.8 Å². The van der Waals surface area contributed by atoms with Crippen LogP contribution in [0.25, 0.3) is 23.0 Å². The van der Waals surface area contributed by atoms with Gasteiger partial charge in [-0.1, -0.05) is 45.4 Å². The van der Waals surface area contributed by atoms with E-state index >= 15 is 0 Å². The fourth-order valence-electron chi connectivity index (χ4n) is 4.04. The van der Waals surface area contributed by atoms with Crippen LogP contribution in [0, 0.1) is 0 Å². The lowest BCUT2D eigenvalue weighted by Crippen LogP contribution is -2.48. The quantitative estimate of drug-likeness (QED) is 0.313. The highest BCUT2D eigenvalue weighted by atomic mass is 79.9. The summed E-state index contributed by atoms with van der Waals surface area (Å²) in [5.41, 5.74) is 1.67. The third-order valence-electron chi connectivity index (χ3n) is 6.10. The van der Waals surface area contributed by atoms with Crippen molar-refractivity contribution < 1.29 is 22.5 Å². The molecule has 0 radical (unpaired) electrons. The van der Waals surface area contributed by atoms with E-state index < -0.39 is 11.7 Å². The Morgan fingerprint density at radius 3 is 2.27 bits per heavy atom. The number of carbonyl (C=O) groups is 1. The minimum Gasteiger partial charge on any atom is -0.336 e. The van der Waals surface area contributed by atoms with Crippen molar-refractivity contribution in [2.75, 3.05) is 26.2 Å². The van der Waals surface area contributed by atoms with Crippen molar-refractivity contribution in [1.82, 2.24) is 24.9 Å². The normalized spacial score (nSPS) is 14.6. The van der Waals surface area contributed by atoms with Crippen LogP contribution in [0.2, 0.25) is 0 Å². The number of alkyl halides is 3. The van der Waals surface area contributed by atoms with Gasteiger partial charge in [0.1, 0.15) is 5.69 Å². The lowest BCUT2D eigenvalue weighted by Gasteiger charge is -2.34. The summed E-state index contributed by atoms with van der Waals surface area (Å²) in [5.74, 6) is 0.153. The van der Waals surface area contributed by atoms with E-state index in [4.69, 9.17) is 4.52 Å². The lowest BCUT2D eigenvalue weighted by molar-refractivity contribution is -0.137. The van der Waals surface area contributed by atoms with Gasteiger partial charge < -0.3 is 9.42 Å². The summed E-state index contributed by atoms with van der Waals surface area (Å²) in [5, 5.41) is 3.84. The van der Waals surface area contributed by atoms with Crippen LogP contribution in [0.4, 0.5) is 13.2 Å². The van der Waals surface area contributed by atoms with Crippen molar-refractivity contribution in [3.05, 3.63) is 88.0 Å². The van der Waals surface area contributed by atoms with Gasteiger partial charge in [-0.15, -0.1) is 0 Å². The van der Waals surface area contributed by atoms with Crippen LogP contribution in [0.1, 0.15) is 21.5 Å². The molecule has 11 heteroatoms. The maximum atomic E-state index is 13.0. The SMILES string of the molecule is O=C(c1ccc(-c2nc(-c3ccc(C(F)(F)F)cc3)no2)nc1)N1CCN(Cc2ccc(Br)cc2)CC1. The summed E-state index contributed by atoms with van der Waals surface area (Å²) in [6.07, 6.45) is -2.95. The van der Waals surface area contributed by atoms with E-state index in [9.17, 15) is 18.0 Å². The number of halogens is 4. The first-order chi connectivity index (χ1) is 17.8. The Bertz CT molecular complexity index is 1370. The number of benzene rings is 2. The Hall–Kier alpha value is -3.57. The molecule has 0 bridgehead atoms. The molecule has 5 rings (SSSR count). The number of hydrogen-bond acceptors (Lipinski definition) is 6. The summed E-state index contributed by atoms with van der Waals surface area (Å²) in [7, 11) is 0. The molecule has 0 aliphatic carbocycles. The molecular weight excluding hydrogens is 551 g/mol. The summed E-state index contributed by atoms with van der Waals surface area (Å²) in [4.78, 5) is 25.6. The molecular formula is C26H21BrF3N5O2. The van der Waals surface area contributed by atoms with E-state index in [0.717, 1.165) is 36.2 Å². The molecule has 4 aromatic rings. The third-order valence-corrected chi connectivity index (χ3v) is 6.63. The van der Waals surface area contributed by atoms with Crippen molar-refractivity contribution in [1.29, 1.82) is 0 Å². The highest BCUT2D eigenvalue weighted by Crippen LogP contribution is 2.31. The Labute approximate surface area is 219 Å². The van der Waals surface area contributed by atoms with Gasteiger partial charge in [-0.3, -0.25) is 14.7 Å². The second-order valence-corrected chi connectivity index (χ2v) is 9.54. The second-order valence-electron chi connectivity index (χ2n) is 8.63. The fourth-order valence-corrected chi connectivity index (χ4v) is 4.30. The molecule has 0 spiro atoms. The highest BCUT2D eigenvalue weighted by Gasteiger charge is 2.30. The average Bonchev–Trinajstić information content (AvgIpc) is 3.40. The van der Waals surface area contributed by atoms with Gasteiger partial charge >= 0.3 is 6.18 Å². The van der Waals surface area contributed by atoms with Gasteiger partial charge in [0.2, 0.25) is 5.82 Å². The van der Waals surface area contributed by atoms with Gasteiger partial charge in [-0.05, 0) is 42.0 Å². The predicted octanol–water partition coefficient (Wildman–Crippen LogP) is 5.54. The van der Waals surface area contributed by atoms with Gasteiger partial charge in [0, 0.05) is 49.0 Å². The Morgan fingerprint density at radius 2 is 1.65 bits per heavy atom. The molecule has 3 heterocycles. The minimum absolute atomic E-state index is 0.0988. The molecule has 1 aliphatic heterocycles. The smallest absolute Gasteiger partial charge is 0.336 e. The number of carbonyl (C=O) groups excluding carboxylic acids is 1. The number of aromatic nitrogens is 3. The van der Waals surface area contributed by atoms with Gasteiger partial charge in [-0.2, -0.15) is 18.2 Å². The standard InChI is InChI=1S/C26H21BrF3N5O2/c27-21-8-1-17(2-9-21)16-34-11-13-35(14-12-34)25(36)19-5-10-22(31-15-19)24-32-23(33-37-24)18-3-6-20(7-4-18)26(28,29)30/h1-10,15H,11-14,16H2. The molecule has 0 saturated carbocycles. The molecule has 1 amide bonds. The van der Waals surface area contributed by atoms with Crippen LogP contribution < -0.4 is 0 Å². The van der Waals surface area contributed by atoms with Crippen LogP contribution in [0.5, 0.6) is 0 Å². The van der Waals surface area contributed by atoms with Crippen LogP contribution >= 0.6 is 15.9 Å². The van der Waals surface area contributed by atoms with Gasteiger partial charge in [0.15, 0.2) is 0 Å². The van der Waals surface area contributed by atoms with E-state index in [2.05, 4.69) is 48.1 Å². The third kappa shape index (κ3) is 5.89. The number of piperazine rings is 1. The topological polar surface area (TPSA) is 75.4 Å². The van der Waals surface area contributed by atoms with Crippen LogP contribution in [-0.4, -0.2) is 57.0 Å². The fraction of sp³-hybridized carbons (Fsp3) is 0.231. The number of nitrogens with zero attached hydrogens (tertiary/aromatic N) is 5. The Morgan fingerprint density at radius 1 is 0.946 bits per heavy atom. The van der Waals surface area contributed by atoms with Crippen molar-refractivity contribution in [3.8, 4) is 23.0 Å². The molecule has 190 valence electrons. The zero-order chi connectivity index (χ0) is 26.0. The van der Waals surface area contributed by atoms with Gasteiger partial charge in [0.05, 0.1) is 11.1 Å². The van der Waals surface area contributed by atoms with Crippen LogP contribution in [0.3, 0.4) is 0 Å². The van der Waals surface area contributed by atoms with E-state index in [1.807, 2.05) is 17.0 Å². The molecule has 0 N–H and O–H groups in total. The highest BCUT2D eigenvalue weighted by molar-refractivity contribution is 9.10. The summed E-state index contributed by atoms with van der Waals surface area (Å²) < 4.78 is 44.6. The molecule has 37 heavy (non-hydrogen) atoms. The maximum Gasteiger partial charge on any atom is 0.416 e. The Kier molecular flexibility index (Phi) is 7.07. The zero-order valence-electron chi connectivity index (χ0n) is 19.5. The first-order valence-corrected chi connectivity index (χ1v) is 12.3. The number of pyridine rings is 1. The van der Waals surface area contributed by atoms with E-state index in [1.165, 1.54) is 23.9 Å². The molecule has 1 saturated heterocycles. The number of hydrogen-bond donors (Lipinski definition) is 0. The molecule has 7 nitrogen and oxygen atoms in total. The van der Waals surface area contributed by atoms with E-state index in [1.54, 1.807) is 12.1 Å². The second kappa shape index (κ2) is 10.4. The lowest BCUT2D eigenvalue weighted by atomic mass is 10.1. The van der Waals surface area contributed by atoms with Gasteiger partial charge in [0.25, 0.3) is 11.8 Å². The van der Waals surface area contributed by atoms with Crippen LogP contribution in [-0.2, 0) is 12.7 Å². The van der Waals surface area contributed by atoms with E-state index in [-0.39, 0.29) is 17.6 Å². The molecule has 1 fully saturated rings. The minimum atomic E-state index is -4.42. The predicted molar refractivity (Wildman–Crippen MR) is 133 cm³/mol.